The number of carbonyl (C=O) groups is 1. The quantitative estimate of drug-likeness (QED) is 0.909. The third-order valence-corrected chi connectivity index (χ3v) is 4.70. The van der Waals surface area contributed by atoms with Crippen molar-refractivity contribution in [1.82, 2.24) is 4.90 Å². The highest BCUT2D eigenvalue weighted by Crippen LogP contribution is 2.35. The molecule has 1 aromatic rings. The Morgan fingerprint density at radius 3 is 2.57 bits per heavy atom. The number of aliphatic carboxylic acids is 1. The molecule has 2 aliphatic heterocycles. The zero-order valence-corrected chi connectivity index (χ0v) is 12.7. The Morgan fingerprint density at radius 1 is 1.24 bits per heavy atom. The number of hydrogen-bond donors (Lipinski definition) is 1. The van der Waals surface area contributed by atoms with Gasteiger partial charge in [-0.15, -0.1) is 0 Å². The summed E-state index contributed by atoms with van der Waals surface area (Å²) >= 11 is 0. The minimum atomic E-state index is -0.742. The molecule has 1 aromatic carbocycles. The van der Waals surface area contributed by atoms with Crippen molar-refractivity contribution < 1.29 is 14.6 Å². The Labute approximate surface area is 125 Å². The lowest BCUT2D eigenvalue weighted by Gasteiger charge is -2.44. The van der Waals surface area contributed by atoms with Crippen LogP contribution in [-0.4, -0.2) is 40.8 Å². The summed E-state index contributed by atoms with van der Waals surface area (Å²) in [6, 6.07) is 7.72. The monoisotopic (exact) mass is 289 g/mol. The van der Waals surface area contributed by atoms with Crippen LogP contribution in [0.3, 0.4) is 0 Å². The molecule has 0 aromatic heterocycles. The topological polar surface area (TPSA) is 49.8 Å². The molecule has 0 saturated carbocycles. The van der Waals surface area contributed by atoms with Crippen LogP contribution >= 0.6 is 0 Å². The third kappa shape index (κ3) is 2.83. The van der Waals surface area contributed by atoms with Crippen LogP contribution in [0.15, 0.2) is 24.3 Å². The van der Waals surface area contributed by atoms with Crippen LogP contribution in [0.5, 0.6) is 0 Å². The van der Waals surface area contributed by atoms with Crippen molar-refractivity contribution in [1.29, 1.82) is 0 Å². The highest BCUT2D eigenvalue weighted by Gasteiger charge is 2.39. The molecule has 2 heterocycles. The lowest BCUT2D eigenvalue weighted by atomic mass is 9.88. The fourth-order valence-electron chi connectivity index (χ4n) is 3.90. The molecule has 0 bridgehead atoms. The van der Waals surface area contributed by atoms with Crippen LogP contribution in [0.4, 0.5) is 0 Å². The number of carboxylic acid groups (broad SMARTS) is 1. The van der Waals surface area contributed by atoms with Crippen LogP contribution in [0.2, 0.25) is 0 Å². The average Bonchev–Trinajstić information content (AvgIpc) is 2.44. The maximum atomic E-state index is 11.9. The van der Waals surface area contributed by atoms with E-state index < -0.39 is 12.0 Å². The fraction of sp³-hybridized carbons (Fsp3) is 0.588. The zero-order valence-electron chi connectivity index (χ0n) is 12.7. The van der Waals surface area contributed by atoms with Gasteiger partial charge in [-0.1, -0.05) is 24.3 Å². The van der Waals surface area contributed by atoms with Gasteiger partial charge in [-0.2, -0.15) is 0 Å². The van der Waals surface area contributed by atoms with Crippen molar-refractivity contribution in [2.45, 2.75) is 57.4 Å². The molecule has 0 aliphatic carbocycles. The molecule has 0 amide bonds. The molecular weight excluding hydrogens is 266 g/mol. The zero-order chi connectivity index (χ0) is 15.0. The Balaban J connectivity index is 1.90. The lowest BCUT2D eigenvalue weighted by Crippen LogP contribution is -2.50. The molecular formula is C17H23NO3. The molecule has 21 heavy (non-hydrogen) atoms. The van der Waals surface area contributed by atoms with Gasteiger partial charge >= 0.3 is 5.97 Å². The van der Waals surface area contributed by atoms with E-state index in [1.165, 1.54) is 5.56 Å². The minimum Gasteiger partial charge on any atom is -0.480 e. The van der Waals surface area contributed by atoms with Gasteiger partial charge in [0, 0.05) is 12.6 Å². The SMILES string of the molecule is CC1CC(N2CCc3ccccc3C2C(=O)O)CC(C)O1. The summed E-state index contributed by atoms with van der Waals surface area (Å²) in [4.78, 5) is 14.0. The Kier molecular flexibility index (Phi) is 4.00. The minimum absolute atomic E-state index is 0.199. The van der Waals surface area contributed by atoms with E-state index in [1.807, 2.05) is 18.2 Å². The van der Waals surface area contributed by atoms with Crippen LogP contribution in [0.25, 0.3) is 0 Å². The number of benzene rings is 1. The standard InChI is InChI=1S/C17H23NO3/c1-11-9-14(10-12(2)21-11)18-8-7-13-5-3-4-6-15(13)16(18)17(19)20/h3-6,11-12,14,16H,7-10H2,1-2H3,(H,19,20). The van der Waals surface area contributed by atoms with Crippen molar-refractivity contribution in [2.75, 3.05) is 6.54 Å². The molecule has 1 fully saturated rings. The molecule has 0 radical (unpaired) electrons. The number of carboxylic acids is 1. The number of rotatable bonds is 2. The highest BCUT2D eigenvalue weighted by molar-refractivity contribution is 5.76. The van der Waals surface area contributed by atoms with Crippen molar-refractivity contribution in [3.63, 3.8) is 0 Å². The number of fused-ring (bicyclic) bond motifs is 1. The summed E-state index contributed by atoms with van der Waals surface area (Å²) in [5.41, 5.74) is 2.14. The second kappa shape index (κ2) is 5.78. The molecule has 3 unspecified atom stereocenters. The molecule has 0 spiro atoms. The summed E-state index contributed by atoms with van der Waals surface area (Å²) in [6.45, 7) is 4.98. The van der Waals surface area contributed by atoms with Gasteiger partial charge < -0.3 is 9.84 Å². The summed E-state index contributed by atoms with van der Waals surface area (Å²) in [5, 5.41) is 9.74. The van der Waals surface area contributed by atoms with Gasteiger partial charge in [0.2, 0.25) is 0 Å². The fourth-order valence-corrected chi connectivity index (χ4v) is 3.90. The largest absolute Gasteiger partial charge is 0.480 e. The summed E-state index contributed by atoms with van der Waals surface area (Å²) in [6.07, 6.45) is 3.16. The Hall–Kier alpha value is -1.39. The highest BCUT2D eigenvalue weighted by atomic mass is 16.5. The van der Waals surface area contributed by atoms with E-state index in [1.54, 1.807) is 0 Å². The first-order valence-corrected chi connectivity index (χ1v) is 7.78. The average molecular weight is 289 g/mol. The van der Waals surface area contributed by atoms with E-state index in [0.29, 0.717) is 6.04 Å². The van der Waals surface area contributed by atoms with Gasteiger partial charge in [0.25, 0.3) is 0 Å². The Morgan fingerprint density at radius 2 is 1.90 bits per heavy atom. The van der Waals surface area contributed by atoms with Gasteiger partial charge in [-0.25, -0.2) is 0 Å². The molecule has 4 heteroatoms. The predicted octanol–water partition coefficient (Wildman–Crippen LogP) is 2.63. The second-order valence-electron chi connectivity index (χ2n) is 6.31. The Bertz CT molecular complexity index is 521. The maximum absolute atomic E-state index is 11.9. The van der Waals surface area contributed by atoms with Crippen LogP contribution in [0.1, 0.15) is 43.9 Å². The summed E-state index contributed by atoms with van der Waals surface area (Å²) in [7, 11) is 0. The maximum Gasteiger partial charge on any atom is 0.325 e. The van der Waals surface area contributed by atoms with Crippen molar-refractivity contribution >= 4 is 5.97 Å². The van der Waals surface area contributed by atoms with E-state index in [4.69, 9.17) is 4.74 Å². The van der Waals surface area contributed by atoms with Crippen LogP contribution in [0, 0.1) is 0 Å². The molecule has 4 nitrogen and oxygen atoms in total. The lowest BCUT2D eigenvalue weighted by molar-refractivity contribution is -0.148. The molecule has 114 valence electrons. The van der Waals surface area contributed by atoms with Crippen molar-refractivity contribution in [2.24, 2.45) is 0 Å². The van der Waals surface area contributed by atoms with Crippen LogP contribution < -0.4 is 0 Å². The van der Waals surface area contributed by atoms with E-state index in [0.717, 1.165) is 31.4 Å². The van der Waals surface area contributed by atoms with Gasteiger partial charge in [0.1, 0.15) is 6.04 Å². The first-order chi connectivity index (χ1) is 10.1. The first-order valence-electron chi connectivity index (χ1n) is 7.78. The van der Waals surface area contributed by atoms with E-state index in [9.17, 15) is 9.90 Å². The van der Waals surface area contributed by atoms with Crippen molar-refractivity contribution in [3.05, 3.63) is 35.4 Å². The first kappa shape index (κ1) is 14.5. The van der Waals surface area contributed by atoms with Crippen molar-refractivity contribution in [3.8, 4) is 0 Å². The number of hydrogen-bond acceptors (Lipinski definition) is 3. The predicted molar refractivity (Wildman–Crippen MR) is 80.3 cm³/mol. The summed E-state index contributed by atoms with van der Waals surface area (Å²) in [5.74, 6) is -0.742. The molecule has 3 rings (SSSR count). The molecule has 1 N–H and O–H groups in total. The summed E-state index contributed by atoms with van der Waals surface area (Å²) < 4.78 is 5.80. The molecule has 2 aliphatic rings. The number of ether oxygens (including phenoxy) is 1. The van der Waals surface area contributed by atoms with Gasteiger partial charge in [0.15, 0.2) is 0 Å². The van der Waals surface area contributed by atoms with E-state index in [2.05, 4.69) is 24.8 Å². The van der Waals surface area contributed by atoms with E-state index >= 15 is 0 Å². The van der Waals surface area contributed by atoms with E-state index in [-0.39, 0.29) is 12.2 Å². The van der Waals surface area contributed by atoms with Gasteiger partial charge in [0.05, 0.1) is 12.2 Å². The smallest absolute Gasteiger partial charge is 0.325 e. The van der Waals surface area contributed by atoms with Crippen LogP contribution in [-0.2, 0) is 16.0 Å². The van der Waals surface area contributed by atoms with Gasteiger partial charge in [-0.3, -0.25) is 9.69 Å². The normalized spacial score (nSPS) is 33.4. The number of nitrogens with zero attached hydrogens (tertiary/aromatic N) is 1. The second-order valence-corrected chi connectivity index (χ2v) is 6.31. The third-order valence-electron chi connectivity index (χ3n) is 4.70. The molecule has 1 saturated heterocycles. The molecule has 3 atom stereocenters. The van der Waals surface area contributed by atoms with Gasteiger partial charge in [-0.05, 0) is 44.2 Å².